The molecule has 0 aromatic heterocycles. The van der Waals surface area contributed by atoms with Gasteiger partial charge in [-0.1, -0.05) is 12.1 Å². The zero-order valence-electron chi connectivity index (χ0n) is 37.1. The molecule has 2 aliphatic carbocycles. The van der Waals surface area contributed by atoms with Gasteiger partial charge in [-0.3, -0.25) is 38.6 Å². The Morgan fingerprint density at radius 1 is 0.940 bits per heavy atom. The molecule has 4 N–H and O–H groups in total. The predicted molar refractivity (Wildman–Crippen MR) is 225 cm³/mol. The van der Waals surface area contributed by atoms with Crippen molar-refractivity contribution in [2.24, 2.45) is 0 Å². The number of aliphatic hydroxyl groups is 1. The maximum Gasteiger partial charge on any atom is 0.253 e. The van der Waals surface area contributed by atoms with Crippen LogP contribution in [0.4, 0.5) is 0 Å². The molecular weight excluding hydrogens is 883 g/mol. The first-order chi connectivity index (χ1) is 32.2. The fourth-order valence-corrected chi connectivity index (χ4v) is 10.2. The molecule has 2 aromatic carbocycles. The van der Waals surface area contributed by atoms with E-state index in [0.29, 0.717) is 32.4 Å². The number of phenolic OH excluding ortho intramolecular Hbond substituents is 2. The molecule has 21 nitrogen and oxygen atoms in total. The minimum Gasteiger partial charge on any atom is -0.507 e. The molecule has 3 amide bonds. The number of methoxy groups -OCH3 is 2. The van der Waals surface area contributed by atoms with E-state index in [4.69, 9.17) is 42.6 Å². The summed E-state index contributed by atoms with van der Waals surface area (Å²) in [6.07, 6.45) is -2.68. The number of ether oxygens (including phenoxy) is 9. The smallest absolute Gasteiger partial charge is 0.253 e. The van der Waals surface area contributed by atoms with Crippen LogP contribution in [0.15, 0.2) is 30.4 Å². The summed E-state index contributed by atoms with van der Waals surface area (Å²) in [5.41, 5.74) is -3.64. The molecule has 5 heterocycles. The second-order valence-electron chi connectivity index (χ2n) is 17.6. The van der Waals surface area contributed by atoms with E-state index in [-0.39, 0.29) is 72.9 Å². The van der Waals surface area contributed by atoms with Crippen molar-refractivity contribution in [1.29, 1.82) is 0 Å². The van der Waals surface area contributed by atoms with Crippen molar-refractivity contribution in [2.45, 2.75) is 107 Å². The number of rotatable bonds is 15. The molecular formula is C46H53N3O18. The van der Waals surface area contributed by atoms with Crippen molar-refractivity contribution in [1.82, 2.24) is 15.1 Å². The average Bonchev–Trinajstić information content (AvgIpc) is 3.86. The summed E-state index contributed by atoms with van der Waals surface area (Å²) in [6, 6.07) is 4.20. The Hall–Kier alpha value is -5.20. The summed E-state index contributed by atoms with van der Waals surface area (Å²) in [5.74, 6) is -4.97. The summed E-state index contributed by atoms with van der Waals surface area (Å²) >= 11 is 0. The standard InChI is InChI=1S/C46H53N3O18/c1-22-43-26(48-14-15-62-45(60-3)44(48)67-43)16-34(64-22)66-28-18-46(58,17-25-36(28)42(57)38-37(40(25)55)39(54)24-7-5-8-27(59-2)35(24)41(38)56)29(50)20-63-33-9-4-6-23(65-33)19-61-21-30(51)47-12-13-49-31(52)10-11-32(49)53/h5,7-8,10-11,22-23,26,28,33-34,43-45,55,57-58H,4,6,9,12-21H2,1-3H3,(H,47,51)/t22-,23?,26-,28-,33?,34-,43+,44+,45-,46-/m0/s1. The second kappa shape index (κ2) is 19.1. The first kappa shape index (κ1) is 46.9. The van der Waals surface area contributed by atoms with Gasteiger partial charge in [-0.05, 0) is 32.3 Å². The Morgan fingerprint density at radius 2 is 1.72 bits per heavy atom. The maximum atomic E-state index is 14.2. The maximum absolute atomic E-state index is 14.2. The van der Waals surface area contributed by atoms with Crippen LogP contribution in [0.25, 0.3) is 0 Å². The summed E-state index contributed by atoms with van der Waals surface area (Å²) < 4.78 is 53.5. The summed E-state index contributed by atoms with van der Waals surface area (Å²) in [5, 5.41) is 39.1. The molecule has 0 saturated carbocycles. The van der Waals surface area contributed by atoms with Crippen LogP contribution in [0.3, 0.4) is 0 Å². The van der Waals surface area contributed by atoms with Gasteiger partial charge in [-0.25, -0.2) is 0 Å². The lowest BCUT2D eigenvalue weighted by Gasteiger charge is -2.43. The van der Waals surface area contributed by atoms with Gasteiger partial charge in [0.2, 0.25) is 11.7 Å². The van der Waals surface area contributed by atoms with Crippen molar-refractivity contribution < 1.29 is 86.7 Å². The molecule has 9 rings (SSSR count). The van der Waals surface area contributed by atoms with Crippen LogP contribution in [0.2, 0.25) is 0 Å². The Balaban J connectivity index is 0.909. The SMILES string of the molecule is COc1cccc2c1C(=O)c1c(O)c3c(c(O)c1C2=O)C[C@@](O)(C(=O)COC1CCCC(COCC(=O)NCCN2C(=O)C=CC2=O)O1)C[C@@H]3O[C@H]1C[C@H]2[C@H](O[C@@H]3[C@@H](OC)OCCN32)[C@H](C)O1. The number of carbonyl (C=O) groups is 6. The third-order valence-electron chi connectivity index (χ3n) is 13.5. The molecule has 4 fully saturated rings. The van der Waals surface area contributed by atoms with Crippen LogP contribution in [0, 0.1) is 0 Å². The minimum atomic E-state index is -2.30. The zero-order valence-corrected chi connectivity index (χ0v) is 37.1. The average molecular weight is 936 g/mol. The van der Waals surface area contributed by atoms with Gasteiger partial charge in [0.05, 0.1) is 55.3 Å². The molecule has 2 unspecified atom stereocenters. The molecule has 0 bridgehead atoms. The number of amides is 3. The van der Waals surface area contributed by atoms with Crippen LogP contribution in [0.1, 0.15) is 88.1 Å². The van der Waals surface area contributed by atoms with Crippen molar-refractivity contribution in [3.63, 3.8) is 0 Å². The van der Waals surface area contributed by atoms with Gasteiger partial charge in [0.15, 0.2) is 36.7 Å². The van der Waals surface area contributed by atoms with E-state index in [1.54, 1.807) is 0 Å². The van der Waals surface area contributed by atoms with Crippen molar-refractivity contribution in [3.8, 4) is 17.2 Å². The van der Waals surface area contributed by atoms with Gasteiger partial charge in [0, 0.05) is 80.9 Å². The van der Waals surface area contributed by atoms with Gasteiger partial charge < -0.3 is 63.3 Å². The largest absolute Gasteiger partial charge is 0.507 e. The third kappa shape index (κ3) is 8.77. The van der Waals surface area contributed by atoms with Crippen LogP contribution < -0.4 is 10.1 Å². The molecule has 21 heteroatoms. The Bertz CT molecular complexity index is 2350. The van der Waals surface area contributed by atoms with Crippen LogP contribution in [-0.4, -0.2) is 176 Å². The van der Waals surface area contributed by atoms with Gasteiger partial charge >= 0.3 is 0 Å². The number of nitrogens with one attached hydrogen (secondary N) is 1. The number of benzene rings is 2. The fourth-order valence-electron chi connectivity index (χ4n) is 10.2. The lowest BCUT2D eigenvalue weighted by Crippen LogP contribution is -2.55. The van der Waals surface area contributed by atoms with Crippen LogP contribution >= 0.6 is 0 Å². The summed E-state index contributed by atoms with van der Waals surface area (Å²) in [7, 11) is 2.87. The minimum absolute atomic E-state index is 0.0169. The Labute approximate surface area is 384 Å². The number of morpholine rings is 1. The van der Waals surface area contributed by atoms with Crippen molar-refractivity contribution >= 4 is 35.1 Å². The highest BCUT2D eigenvalue weighted by atomic mass is 16.7. The van der Waals surface area contributed by atoms with E-state index < -0.39 is 126 Å². The van der Waals surface area contributed by atoms with E-state index in [1.807, 2.05) is 6.92 Å². The first-order valence-electron chi connectivity index (χ1n) is 22.4. The molecule has 10 atom stereocenters. The third-order valence-corrected chi connectivity index (χ3v) is 13.5. The topological polar surface area (TPSA) is 265 Å². The van der Waals surface area contributed by atoms with E-state index in [0.717, 1.165) is 17.1 Å². The zero-order chi connectivity index (χ0) is 47.3. The number of Topliss-reactive ketones (excluding diaryl/α,β-unsaturated/α-hetero) is 1. The molecule has 67 heavy (non-hydrogen) atoms. The van der Waals surface area contributed by atoms with E-state index >= 15 is 0 Å². The van der Waals surface area contributed by atoms with Crippen molar-refractivity contribution in [2.75, 3.05) is 60.3 Å². The number of hydrogen-bond donors (Lipinski definition) is 4. The van der Waals surface area contributed by atoms with Gasteiger partial charge in [0.1, 0.15) is 42.2 Å². The number of carbonyl (C=O) groups excluding carboxylic acids is 6. The molecule has 5 aliphatic heterocycles. The number of hydrogen-bond acceptors (Lipinski definition) is 19. The van der Waals surface area contributed by atoms with Gasteiger partial charge in [-0.15, -0.1) is 0 Å². The van der Waals surface area contributed by atoms with Crippen molar-refractivity contribution in [3.05, 3.63) is 63.7 Å². The first-order valence-corrected chi connectivity index (χ1v) is 22.4. The predicted octanol–water partition coefficient (Wildman–Crippen LogP) is 0.689. The summed E-state index contributed by atoms with van der Waals surface area (Å²) in [4.78, 5) is 81.5. The fraction of sp³-hybridized carbons (Fsp3) is 0.565. The van der Waals surface area contributed by atoms with Gasteiger partial charge in [0.25, 0.3) is 11.8 Å². The van der Waals surface area contributed by atoms with E-state index in [9.17, 15) is 44.1 Å². The highest BCUT2D eigenvalue weighted by Gasteiger charge is 2.55. The van der Waals surface area contributed by atoms with Crippen LogP contribution in [-0.2, 0) is 63.5 Å². The number of ketones is 3. The lowest BCUT2D eigenvalue weighted by molar-refractivity contribution is -0.256. The Morgan fingerprint density at radius 3 is 2.48 bits per heavy atom. The summed E-state index contributed by atoms with van der Waals surface area (Å²) in [6.45, 7) is 1.89. The van der Waals surface area contributed by atoms with E-state index in [2.05, 4.69) is 10.2 Å². The molecule has 0 spiro atoms. The molecule has 7 aliphatic rings. The quantitative estimate of drug-likeness (QED) is 0.121. The molecule has 360 valence electrons. The van der Waals surface area contributed by atoms with E-state index in [1.165, 1.54) is 32.4 Å². The second-order valence-corrected chi connectivity index (χ2v) is 17.6. The normalized spacial score (nSPS) is 31.2. The van der Waals surface area contributed by atoms with Crippen LogP contribution in [0.5, 0.6) is 17.2 Å². The molecule has 0 radical (unpaired) electrons. The Kier molecular flexibility index (Phi) is 13.3. The molecule has 2 aromatic rings. The van der Waals surface area contributed by atoms with Gasteiger partial charge in [-0.2, -0.15) is 0 Å². The highest BCUT2D eigenvalue weighted by Crippen LogP contribution is 2.53. The molecule has 4 saturated heterocycles. The number of fused-ring (bicyclic) bond motifs is 6. The number of nitrogens with zero attached hydrogens (tertiary/aromatic N) is 2. The monoisotopic (exact) mass is 935 g/mol. The number of aromatic hydroxyl groups is 2. The number of imide groups is 1. The highest BCUT2D eigenvalue weighted by molar-refractivity contribution is 6.31. The lowest BCUT2D eigenvalue weighted by atomic mass is 9.72. The number of phenols is 2.